The number of ether oxygens (including phenoxy) is 2. The Labute approximate surface area is 202 Å². The zero-order valence-corrected chi connectivity index (χ0v) is 20.4. The summed E-state index contributed by atoms with van der Waals surface area (Å²) >= 11 is 0. The molecule has 10 heteroatoms. The van der Waals surface area contributed by atoms with Gasteiger partial charge in [0, 0.05) is 31.2 Å². The monoisotopic (exact) mass is 490 g/mol. The van der Waals surface area contributed by atoms with E-state index in [0.29, 0.717) is 42.5 Å². The van der Waals surface area contributed by atoms with Crippen molar-refractivity contribution < 1.29 is 27.4 Å². The van der Waals surface area contributed by atoms with Crippen LogP contribution in [0.1, 0.15) is 38.8 Å². The first kappa shape index (κ1) is 24.7. The van der Waals surface area contributed by atoms with Crippen LogP contribution in [-0.2, 0) is 6.18 Å². The molecule has 2 aliphatic heterocycles. The van der Waals surface area contributed by atoms with Crippen molar-refractivity contribution in [2.75, 3.05) is 26.7 Å². The van der Waals surface area contributed by atoms with Gasteiger partial charge in [0.15, 0.2) is 5.75 Å². The minimum absolute atomic E-state index is 0.0885. The number of piperazine rings is 1. The molecule has 1 unspecified atom stereocenters. The number of methoxy groups -OCH3 is 1. The summed E-state index contributed by atoms with van der Waals surface area (Å²) in [6, 6.07) is 8.15. The number of rotatable bonds is 1. The highest BCUT2D eigenvalue weighted by atomic mass is 19.4. The third kappa shape index (κ3) is 5.31. The lowest BCUT2D eigenvalue weighted by molar-refractivity contribution is -0.137. The average Bonchev–Trinajstić information content (AvgIpc) is 2.92. The third-order valence-corrected chi connectivity index (χ3v) is 5.83. The Morgan fingerprint density at radius 1 is 1.11 bits per heavy atom. The zero-order valence-electron chi connectivity index (χ0n) is 20.4. The Morgan fingerprint density at radius 3 is 2.46 bits per heavy atom. The van der Waals surface area contributed by atoms with Crippen molar-refractivity contribution in [3.05, 3.63) is 47.5 Å². The summed E-state index contributed by atoms with van der Waals surface area (Å²) in [7, 11) is 1.54. The van der Waals surface area contributed by atoms with Crippen molar-refractivity contribution >= 4 is 17.6 Å². The van der Waals surface area contributed by atoms with Crippen LogP contribution in [0, 0.1) is 0 Å². The van der Waals surface area contributed by atoms with E-state index in [4.69, 9.17) is 9.47 Å². The summed E-state index contributed by atoms with van der Waals surface area (Å²) < 4.78 is 51.6. The molecule has 2 heterocycles. The molecule has 0 spiro atoms. The SMILES string of the molecule is COc1ccc2c(c1)C(N1CCN(C(=O)NC(C)(C)C)C(C)C1)=Nc1cc(C(F)(F)F)ccc1O2. The number of benzene rings is 2. The molecule has 4 rings (SSSR count). The number of carbonyl (C=O) groups excluding carboxylic acids is 1. The molecule has 7 nitrogen and oxygen atoms in total. The first-order valence-corrected chi connectivity index (χ1v) is 11.4. The van der Waals surface area contributed by atoms with Gasteiger partial charge in [-0.15, -0.1) is 0 Å². The number of fused-ring (bicyclic) bond motifs is 2. The summed E-state index contributed by atoms with van der Waals surface area (Å²) in [4.78, 5) is 21.2. The second kappa shape index (κ2) is 8.98. The first-order chi connectivity index (χ1) is 16.4. The number of hydrogen-bond donors (Lipinski definition) is 1. The smallest absolute Gasteiger partial charge is 0.416 e. The number of aliphatic imine (C=N–C) groups is 1. The van der Waals surface area contributed by atoms with Crippen LogP contribution in [-0.4, -0.2) is 60.0 Å². The maximum atomic E-state index is 13.4. The molecule has 0 saturated carbocycles. The molecule has 2 aromatic carbocycles. The fourth-order valence-corrected chi connectivity index (χ4v) is 4.15. The van der Waals surface area contributed by atoms with E-state index >= 15 is 0 Å². The minimum atomic E-state index is -4.51. The molecule has 0 radical (unpaired) electrons. The number of nitrogens with one attached hydrogen (secondary N) is 1. The van der Waals surface area contributed by atoms with Crippen molar-refractivity contribution in [1.82, 2.24) is 15.1 Å². The molecule has 0 aromatic heterocycles. The standard InChI is InChI=1S/C25H29F3N4O3/c1-15-14-31(10-11-32(15)23(33)30-24(2,3)4)22-18-13-17(34-5)7-9-20(18)35-21-8-6-16(25(26,27)28)12-19(21)29-22/h6-9,12-13,15H,10-11,14H2,1-5H3,(H,30,33). The Bertz CT molecular complexity index is 1160. The molecule has 1 atom stereocenters. The zero-order chi connectivity index (χ0) is 25.5. The van der Waals surface area contributed by atoms with Crippen LogP contribution in [0.4, 0.5) is 23.7 Å². The van der Waals surface area contributed by atoms with Gasteiger partial charge in [0.2, 0.25) is 0 Å². The van der Waals surface area contributed by atoms with Gasteiger partial charge in [-0.1, -0.05) is 0 Å². The van der Waals surface area contributed by atoms with E-state index in [0.717, 1.165) is 12.1 Å². The third-order valence-electron chi connectivity index (χ3n) is 5.83. The fraction of sp³-hybridized carbons (Fsp3) is 0.440. The molecule has 2 aliphatic rings. The largest absolute Gasteiger partial charge is 0.497 e. The van der Waals surface area contributed by atoms with Crippen LogP contribution < -0.4 is 14.8 Å². The highest BCUT2D eigenvalue weighted by molar-refractivity contribution is 6.04. The molecule has 35 heavy (non-hydrogen) atoms. The Kier molecular flexibility index (Phi) is 6.33. The summed E-state index contributed by atoms with van der Waals surface area (Å²) in [6.07, 6.45) is -4.51. The highest BCUT2D eigenvalue weighted by Crippen LogP contribution is 2.42. The average molecular weight is 491 g/mol. The second-order valence-electron chi connectivity index (χ2n) is 9.75. The lowest BCUT2D eigenvalue weighted by Gasteiger charge is -2.42. The number of halogens is 3. The Hall–Kier alpha value is -3.43. The van der Waals surface area contributed by atoms with Crippen LogP contribution >= 0.6 is 0 Å². The van der Waals surface area contributed by atoms with E-state index < -0.39 is 11.7 Å². The number of nitrogens with zero attached hydrogens (tertiary/aromatic N) is 3. The van der Waals surface area contributed by atoms with Gasteiger partial charge in [-0.3, -0.25) is 0 Å². The van der Waals surface area contributed by atoms with Crippen molar-refractivity contribution in [3.63, 3.8) is 0 Å². The van der Waals surface area contributed by atoms with Crippen LogP contribution in [0.3, 0.4) is 0 Å². The van der Waals surface area contributed by atoms with Crippen LogP contribution in [0.5, 0.6) is 17.2 Å². The van der Waals surface area contributed by atoms with E-state index in [9.17, 15) is 18.0 Å². The molecule has 1 saturated heterocycles. The van der Waals surface area contributed by atoms with Crippen LogP contribution in [0.2, 0.25) is 0 Å². The van der Waals surface area contributed by atoms with Crippen molar-refractivity contribution in [1.29, 1.82) is 0 Å². The molecular formula is C25H29F3N4O3. The maximum Gasteiger partial charge on any atom is 0.416 e. The fourth-order valence-electron chi connectivity index (χ4n) is 4.15. The van der Waals surface area contributed by atoms with Gasteiger partial charge in [-0.25, -0.2) is 9.79 Å². The number of hydrogen-bond acceptors (Lipinski definition) is 5. The number of alkyl halides is 3. The summed E-state index contributed by atoms with van der Waals surface area (Å²) in [5.41, 5.74) is -0.477. The molecular weight excluding hydrogens is 461 g/mol. The Morgan fingerprint density at radius 2 is 1.83 bits per heavy atom. The molecule has 1 fully saturated rings. The van der Waals surface area contributed by atoms with Crippen LogP contribution in [0.25, 0.3) is 0 Å². The molecule has 0 bridgehead atoms. The van der Waals surface area contributed by atoms with Gasteiger partial charge >= 0.3 is 12.2 Å². The normalized spacial score (nSPS) is 18.1. The number of carbonyl (C=O) groups is 1. The summed E-state index contributed by atoms with van der Waals surface area (Å²) in [5, 5.41) is 2.98. The van der Waals surface area contributed by atoms with E-state index in [1.54, 1.807) is 23.1 Å². The maximum absolute atomic E-state index is 13.4. The van der Waals surface area contributed by atoms with Gasteiger partial charge in [0.25, 0.3) is 0 Å². The minimum Gasteiger partial charge on any atom is -0.497 e. The topological polar surface area (TPSA) is 66.4 Å². The predicted molar refractivity (Wildman–Crippen MR) is 127 cm³/mol. The summed E-state index contributed by atoms with van der Waals surface area (Å²) in [5.74, 6) is 1.73. The molecule has 0 aliphatic carbocycles. The lowest BCUT2D eigenvalue weighted by atomic mass is 10.1. The van der Waals surface area contributed by atoms with E-state index in [2.05, 4.69) is 10.3 Å². The molecule has 2 amide bonds. The van der Waals surface area contributed by atoms with E-state index in [1.165, 1.54) is 13.2 Å². The van der Waals surface area contributed by atoms with Gasteiger partial charge in [0.05, 0.1) is 18.2 Å². The number of urea groups is 1. The lowest BCUT2D eigenvalue weighted by Crippen LogP contribution is -2.59. The van der Waals surface area contributed by atoms with Crippen molar-refractivity contribution in [2.24, 2.45) is 4.99 Å². The van der Waals surface area contributed by atoms with Crippen LogP contribution in [0.15, 0.2) is 41.4 Å². The number of amides is 2. The second-order valence-corrected chi connectivity index (χ2v) is 9.75. The van der Waals surface area contributed by atoms with Crippen molar-refractivity contribution in [3.8, 4) is 17.2 Å². The van der Waals surface area contributed by atoms with Gasteiger partial charge in [-0.05, 0) is 64.1 Å². The highest BCUT2D eigenvalue weighted by Gasteiger charge is 2.35. The summed E-state index contributed by atoms with van der Waals surface area (Å²) in [6.45, 7) is 9.02. The molecule has 1 N–H and O–H groups in total. The quantitative estimate of drug-likeness (QED) is 0.580. The van der Waals surface area contributed by atoms with Gasteiger partial charge < -0.3 is 24.6 Å². The van der Waals surface area contributed by atoms with Crippen molar-refractivity contribution in [2.45, 2.75) is 45.5 Å². The van der Waals surface area contributed by atoms with E-state index in [1.807, 2.05) is 32.6 Å². The van der Waals surface area contributed by atoms with E-state index in [-0.39, 0.29) is 29.0 Å². The number of amidine groups is 1. The first-order valence-electron chi connectivity index (χ1n) is 11.4. The predicted octanol–water partition coefficient (Wildman–Crippen LogP) is 5.41. The molecule has 188 valence electrons. The Balaban J connectivity index is 1.72. The van der Waals surface area contributed by atoms with Gasteiger partial charge in [0.1, 0.15) is 23.0 Å². The molecule has 2 aromatic rings. The van der Waals surface area contributed by atoms with Gasteiger partial charge in [-0.2, -0.15) is 13.2 Å².